The molecule has 110 valence electrons. The first-order chi connectivity index (χ1) is 10.6. The minimum Gasteiger partial charge on any atom is -0.355 e. The Labute approximate surface area is 126 Å². The van der Waals surface area contributed by atoms with Crippen LogP contribution in [0.2, 0.25) is 0 Å². The Kier molecular flexibility index (Phi) is 3.34. The summed E-state index contributed by atoms with van der Waals surface area (Å²) in [7, 11) is 1.58. The van der Waals surface area contributed by atoms with Gasteiger partial charge in [0.1, 0.15) is 0 Å². The molecule has 1 amide bonds. The highest BCUT2D eigenvalue weighted by Gasteiger charge is 2.10. The number of nitrogens with zero attached hydrogens (tertiary/aromatic N) is 2. The molecule has 3 rings (SSSR count). The van der Waals surface area contributed by atoms with E-state index in [1.54, 1.807) is 25.4 Å². The summed E-state index contributed by atoms with van der Waals surface area (Å²) in [6.07, 6.45) is 3.58. The van der Waals surface area contributed by atoms with Crippen LogP contribution < -0.4 is 5.32 Å². The third-order valence-corrected chi connectivity index (χ3v) is 3.47. The van der Waals surface area contributed by atoms with Crippen molar-refractivity contribution in [3.8, 4) is 11.1 Å². The number of carbonyl (C=O) groups excluding carboxylic acids is 1. The molecule has 0 spiro atoms. The number of hydrogen-bond donors (Lipinski definition) is 1. The first-order valence-electron chi connectivity index (χ1n) is 6.67. The third kappa shape index (κ3) is 2.42. The van der Waals surface area contributed by atoms with Gasteiger partial charge >= 0.3 is 0 Å². The van der Waals surface area contributed by atoms with Crippen molar-refractivity contribution in [2.24, 2.45) is 0 Å². The summed E-state index contributed by atoms with van der Waals surface area (Å²) in [5.41, 5.74) is 3.14. The molecule has 0 aliphatic carbocycles. The number of non-ortho nitro benzene ring substituents is 1. The summed E-state index contributed by atoms with van der Waals surface area (Å²) < 4.78 is 1.83. The minimum absolute atomic E-state index is 0.0544. The molecule has 3 aromatic rings. The van der Waals surface area contributed by atoms with Crippen LogP contribution >= 0.6 is 0 Å². The molecule has 0 atom stereocenters. The fourth-order valence-corrected chi connectivity index (χ4v) is 2.35. The lowest BCUT2D eigenvalue weighted by atomic mass is 10.1. The average Bonchev–Trinajstić information content (AvgIpc) is 2.97. The second kappa shape index (κ2) is 5.33. The van der Waals surface area contributed by atoms with Crippen molar-refractivity contribution < 1.29 is 9.72 Å². The molecule has 0 unspecified atom stereocenters. The van der Waals surface area contributed by atoms with Crippen LogP contribution in [0.25, 0.3) is 16.6 Å². The zero-order chi connectivity index (χ0) is 15.7. The van der Waals surface area contributed by atoms with Gasteiger partial charge in [0.25, 0.3) is 11.6 Å². The van der Waals surface area contributed by atoms with Crippen LogP contribution in [0.3, 0.4) is 0 Å². The maximum atomic E-state index is 11.7. The number of amides is 1. The van der Waals surface area contributed by atoms with Crippen LogP contribution in [-0.2, 0) is 0 Å². The van der Waals surface area contributed by atoms with Crippen molar-refractivity contribution in [3.63, 3.8) is 0 Å². The predicted molar refractivity (Wildman–Crippen MR) is 82.9 cm³/mol. The highest BCUT2D eigenvalue weighted by atomic mass is 16.6. The Morgan fingerprint density at radius 2 is 1.95 bits per heavy atom. The molecule has 6 nitrogen and oxygen atoms in total. The Hall–Kier alpha value is -3.15. The van der Waals surface area contributed by atoms with Crippen LogP contribution in [0.4, 0.5) is 5.69 Å². The van der Waals surface area contributed by atoms with Crippen LogP contribution in [0, 0.1) is 10.1 Å². The maximum absolute atomic E-state index is 11.7. The number of nitro benzene ring substituents is 1. The van der Waals surface area contributed by atoms with Gasteiger partial charge < -0.3 is 9.72 Å². The van der Waals surface area contributed by atoms with Crippen LogP contribution in [-0.4, -0.2) is 22.3 Å². The van der Waals surface area contributed by atoms with E-state index in [1.165, 1.54) is 12.1 Å². The van der Waals surface area contributed by atoms with E-state index in [4.69, 9.17) is 0 Å². The van der Waals surface area contributed by atoms with Gasteiger partial charge in [-0.3, -0.25) is 14.9 Å². The third-order valence-electron chi connectivity index (χ3n) is 3.47. The van der Waals surface area contributed by atoms with Crippen molar-refractivity contribution in [1.82, 2.24) is 9.72 Å². The van der Waals surface area contributed by atoms with Gasteiger partial charge in [-0.1, -0.05) is 12.1 Å². The topological polar surface area (TPSA) is 76.6 Å². The number of carbonyl (C=O) groups is 1. The van der Waals surface area contributed by atoms with Crippen molar-refractivity contribution in [3.05, 3.63) is 70.5 Å². The molecule has 22 heavy (non-hydrogen) atoms. The van der Waals surface area contributed by atoms with E-state index in [2.05, 4.69) is 5.32 Å². The first kappa shape index (κ1) is 13.8. The fraction of sp³-hybridized carbons (Fsp3) is 0.0625. The second-order valence-corrected chi connectivity index (χ2v) is 4.87. The molecular weight excluding hydrogens is 282 g/mol. The summed E-state index contributed by atoms with van der Waals surface area (Å²) >= 11 is 0. The first-order valence-corrected chi connectivity index (χ1v) is 6.67. The molecule has 0 radical (unpaired) electrons. The van der Waals surface area contributed by atoms with Crippen molar-refractivity contribution >= 4 is 17.1 Å². The number of benzene rings is 1. The van der Waals surface area contributed by atoms with E-state index in [1.807, 2.05) is 28.8 Å². The summed E-state index contributed by atoms with van der Waals surface area (Å²) in [6, 6.07) is 12.0. The average molecular weight is 295 g/mol. The Morgan fingerprint density at radius 1 is 1.14 bits per heavy atom. The number of aromatic nitrogens is 1. The molecule has 0 saturated heterocycles. The molecular formula is C16H13N3O3. The Balaban J connectivity index is 2.07. The summed E-state index contributed by atoms with van der Waals surface area (Å²) in [5, 5.41) is 13.4. The summed E-state index contributed by atoms with van der Waals surface area (Å²) in [5.74, 6) is -0.160. The van der Waals surface area contributed by atoms with E-state index < -0.39 is 4.92 Å². The predicted octanol–water partition coefficient (Wildman–Crippen LogP) is 2.87. The van der Waals surface area contributed by atoms with Gasteiger partial charge in [-0.05, 0) is 23.8 Å². The molecule has 0 bridgehead atoms. The summed E-state index contributed by atoms with van der Waals surface area (Å²) in [4.78, 5) is 22.1. The molecule has 2 aromatic heterocycles. The van der Waals surface area contributed by atoms with Crippen LogP contribution in [0.5, 0.6) is 0 Å². The van der Waals surface area contributed by atoms with Gasteiger partial charge in [0.15, 0.2) is 0 Å². The van der Waals surface area contributed by atoms with Crippen molar-refractivity contribution in [2.75, 3.05) is 7.05 Å². The number of pyridine rings is 1. The SMILES string of the molecule is CNC(=O)c1ccc2cc(-c3cccc([N+](=O)[O-])c3)cn2c1. The molecule has 0 fully saturated rings. The number of nitro groups is 1. The lowest BCUT2D eigenvalue weighted by Crippen LogP contribution is -2.17. The van der Waals surface area contributed by atoms with E-state index in [9.17, 15) is 14.9 Å². The lowest BCUT2D eigenvalue weighted by molar-refractivity contribution is -0.384. The molecule has 2 heterocycles. The van der Waals surface area contributed by atoms with Crippen LogP contribution in [0.1, 0.15) is 10.4 Å². The molecule has 1 aromatic carbocycles. The van der Waals surface area contributed by atoms with E-state index in [0.29, 0.717) is 5.56 Å². The summed E-state index contributed by atoms with van der Waals surface area (Å²) in [6.45, 7) is 0. The van der Waals surface area contributed by atoms with Crippen molar-refractivity contribution in [2.45, 2.75) is 0 Å². The number of rotatable bonds is 3. The molecule has 0 saturated carbocycles. The molecule has 0 aliphatic rings. The standard InChI is InChI=1S/C16H13N3O3/c1-17-16(20)12-5-6-14-8-13(10-18(14)9-12)11-3-2-4-15(7-11)19(21)22/h2-10H,1H3,(H,17,20). The van der Waals surface area contributed by atoms with Gasteiger partial charge in [0, 0.05) is 42.7 Å². The van der Waals surface area contributed by atoms with Gasteiger partial charge in [0.05, 0.1) is 10.5 Å². The zero-order valence-electron chi connectivity index (χ0n) is 11.8. The monoisotopic (exact) mass is 295 g/mol. The van der Waals surface area contributed by atoms with E-state index in [-0.39, 0.29) is 11.6 Å². The molecule has 0 aliphatic heterocycles. The normalized spacial score (nSPS) is 10.6. The highest BCUT2D eigenvalue weighted by molar-refractivity contribution is 5.94. The largest absolute Gasteiger partial charge is 0.355 e. The smallest absolute Gasteiger partial charge is 0.270 e. The second-order valence-electron chi connectivity index (χ2n) is 4.87. The van der Waals surface area contributed by atoms with Gasteiger partial charge in [-0.2, -0.15) is 0 Å². The fourth-order valence-electron chi connectivity index (χ4n) is 2.35. The molecule has 6 heteroatoms. The lowest BCUT2D eigenvalue weighted by Gasteiger charge is -2.00. The van der Waals surface area contributed by atoms with Crippen LogP contribution in [0.15, 0.2) is 54.9 Å². The quantitative estimate of drug-likeness (QED) is 0.596. The number of hydrogen-bond acceptors (Lipinski definition) is 3. The van der Waals surface area contributed by atoms with Gasteiger partial charge in [-0.15, -0.1) is 0 Å². The van der Waals surface area contributed by atoms with Gasteiger partial charge in [-0.25, -0.2) is 0 Å². The zero-order valence-corrected chi connectivity index (χ0v) is 11.8. The Bertz CT molecular complexity index is 883. The van der Waals surface area contributed by atoms with E-state index >= 15 is 0 Å². The maximum Gasteiger partial charge on any atom is 0.270 e. The minimum atomic E-state index is -0.414. The van der Waals surface area contributed by atoms with Gasteiger partial charge in [0.2, 0.25) is 0 Å². The highest BCUT2D eigenvalue weighted by Crippen LogP contribution is 2.26. The van der Waals surface area contributed by atoms with Crippen molar-refractivity contribution in [1.29, 1.82) is 0 Å². The number of nitrogens with one attached hydrogen (secondary N) is 1. The number of fused-ring (bicyclic) bond motifs is 1. The van der Waals surface area contributed by atoms with E-state index in [0.717, 1.165) is 16.6 Å². The Morgan fingerprint density at radius 3 is 2.68 bits per heavy atom. The molecule has 1 N–H and O–H groups in total.